The molecule has 0 atom stereocenters. The molecule has 2 heterocycles. The number of ether oxygens (including phenoxy) is 1. The Morgan fingerprint density at radius 1 is 0.966 bits per heavy atom. The Balaban J connectivity index is 1.36. The summed E-state index contributed by atoms with van der Waals surface area (Å²) in [4.78, 5) is 44.3. The van der Waals surface area contributed by atoms with Crippen LogP contribution in [0.25, 0.3) is 0 Å². The molecule has 0 bridgehead atoms. The Hall–Kier alpha value is -2.93. The Labute approximate surface area is 174 Å². The first kappa shape index (κ1) is 20.8. The molecule has 1 aliphatic heterocycles. The zero-order valence-corrected chi connectivity index (χ0v) is 16.7. The summed E-state index contributed by atoms with van der Waals surface area (Å²) >= 11 is 5.79. The van der Waals surface area contributed by atoms with Gasteiger partial charge in [0.25, 0.3) is 5.91 Å². The van der Waals surface area contributed by atoms with Crippen molar-refractivity contribution in [1.82, 2.24) is 9.88 Å². The number of benzene rings is 1. The molecule has 7 nitrogen and oxygen atoms in total. The third-order valence-electron chi connectivity index (χ3n) is 4.68. The molecule has 1 amide bonds. The van der Waals surface area contributed by atoms with Crippen LogP contribution in [0, 0.1) is 0 Å². The number of rotatable bonds is 7. The number of hydrogen-bond acceptors (Lipinski definition) is 6. The second-order valence-electron chi connectivity index (χ2n) is 6.65. The summed E-state index contributed by atoms with van der Waals surface area (Å²) in [6.07, 6.45) is 1.70. The summed E-state index contributed by atoms with van der Waals surface area (Å²) in [6, 6.07) is 12.2. The van der Waals surface area contributed by atoms with E-state index in [0.717, 1.165) is 5.82 Å². The maximum absolute atomic E-state index is 12.3. The summed E-state index contributed by atoms with van der Waals surface area (Å²) in [5.41, 5.74) is 0.490. The van der Waals surface area contributed by atoms with Gasteiger partial charge in [0.2, 0.25) is 0 Å². The van der Waals surface area contributed by atoms with Crippen molar-refractivity contribution in [1.29, 1.82) is 0 Å². The van der Waals surface area contributed by atoms with Gasteiger partial charge in [0.05, 0.1) is 6.42 Å². The molecule has 0 radical (unpaired) electrons. The van der Waals surface area contributed by atoms with Crippen LogP contribution in [0.5, 0.6) is 0 Å². The van der Waals surface area contributed by atoms with Crippen LogP contribution in [-0.4, -0.2) is 60.3 Å². The van der Waals surface area contributed by atoms with Crippen molar-refractivity contribution >= 4 is 35.1 Å². The van der Waals surface area contributed by atoms with Gasteiger partial charge in [-0.1, -0.05) is 17.7 Å². The van der Waals surface area contributed by atoms with Crippen molar-refractivity contribution in [3.05, 3.63) is 59.2 Å². The molecule has 0 saturated carbocycles. The van der Waals surface area contributed by atoms with E-state index in [1.165, 1.54) is 0 Å². The van der Waals surface area contributed by atoms with E-state index in [1.54, 1.807) is 35.4 Å². The summed E-state index contributed by atoms with van der Waals surface area (Å²) in [7, 11) is 0. The van der Waals surface area contributed by atoms with E-state index < -0.39 is 5.97 Å². The highest BCUT2D eigenvalue weighted by Crippen LogP contribution is 2.13. The molecule has 29 heavy (non-hydrogen) atoms. The van der Waals surface area contributed by atoms with Crippen LogP contribution in [0.1, 0.15) is 23.2 Å². The molecule has 152 valence electrons. The van der Waals surface area contributed by atoms with E-state index >= 15 is 0 Å². The minimum atomic E-state index is -0.562. The average molecular weight is 416 g/mol. The molecule has 1 aliphatic rings. The Kier molecular flexibility index (Phi) is 7.19. The number of carbonyl (C=O) groups excluding carboxylic acids is 3. The lowest BCUT2D eigenvalue weighted by Crippen LogP contribution is -2.50. The van der Waals surface area contributed by atoms with Crippen molar-refractivity contribution in [2.75, 3.05) is 37.7 Å². The number of ketones is 1. The second-order valence-corrected chi connectivity index (χ2v) is 7.08. The van der Waals surface area contributed by atoms with Gasteiger partial charge in [-0.15, -0.1) is 0 Å². The second kappa shape index (κ2) is 10.0. The van der Waals surface area contributed by atoms with Crippen molar-refractivity contribution in [3.8, 4) is 0 Å². The van der Waals surface area contributed by atoms with E-state index in [1.807, 2.05) is 18.2 Å². The van der Waals surface area contributed by atoms with Gasteiger partial charge < -0.3 is 14.5 Å². The summed E-state index contributed by atoms with van der Waals surface area (Å²) < 4.78 is 5.04. The highest BCUT2D eigenvalue weighted by molar-refractivity contribution is 6.30. The van der Waals surface area contributed by atoms with Crippen molar-refractivity contribution in [3.63, 3.8) is 0 Å². The number of Topliss-reactive ketones (excluding diaryl/α,β-unsaturated/α-hetero) is 1. The van der Waals surface area contributed by atoms with Crippen LogP contribution in [0.2, 0.25) is 5.02 Å². The third-order valence-corrected chi connectivity index (χ3v) is 4.94. The van der Waals surface area contributed by atoms with Gasteiger partial charge in [0.1, 0.15) is 5.82 Å². The van der Waals surface area contributed by atoms with Gasteiger partial charge in [0, 0.05) is 49.4 Å². The van der Waals surface area contributed by atoms with Gasteiger partial charge in [-0.3, -0.25) is 14.4 Å². The lowest BCUT2D eigenvalue weighted by Gasteiger charge is -2.35. The van der Waals surface area contributed by atoms with E-state index in [-0.39, 0.29) is 31.1 Å². The number of halogens is 1. The molecule has 1 aromatic carbocycles. The average Bonchev–Trinajstić information content (AvgIpc) is 2.77. The zero-order chi connectivity index (χ0) is 20.6. The standard InChI is InChI=1S/C21H22ClN3O4/c22-17-6-4-16(5-7-17)18(26)8-9-21(28)29-15-20(27)25-13-11-24(12-14-25)19-3-1-2-10-23-19/h1-7,10H,8-9,11-15H2. The number of aromatic nitrogens is 1. The molecule has 8 heteroatoms. The molecule has 2 aromatic rings. The molecule has 0 aliphatic carbocycles. The van der Waals surface area contributed by atoms with Gasteiger partial charge in [-0.25, -0.2) is 4.98 Å². The lowest BCUT2D eigenvalue weighted by molar-refractivity contribution is -0.152. The van der Waals surface area contributed by atoms with Crippen LogP contribution < -0.4 is 4.90 Å². The fourth-order valence-corrected chi connectivity index (χ4v) is 3.15. The molecular formula is C21H22ClN3O4. The van der Waals surface area contributed by atoms with Crippen molar-refractivity contribution < 1.29 is 19.1 Å². The normalized spacial score (nSPS) is 13.8. The monoisotopic (exact) mass is 415 g/mol. The predicted molar refractivity (Wildman–Crippen MR) is 109 cm³/mol. The highest BCUT2D eigenvalue weighted by Gasteiger charge is 2.22. The van der Waals surface area contributed by atoms with Gasteiger partial charge in [-0.05, 0) is 36.4 Å². The number of pyridine rings is 1. The number of anilines is 1. The van der Waals surface area contributed by atoms with Crippen LogP contribution in [0.15, 0.2) is 48.7 Å². The number of amides is 1. The SMILES string of the molecule is O=C(CCC(=O)c1ccc(Cl)cc1)OCC(=O)N1CCN(c2ccccn2)CC1. The molecule has 1 saturated heterocycles. The fourth-order valence-electron chi connectivity index (χ4n) is 3.03. The molecule has 1 fully saturated rings. The van der Waals surface area contributed by atoms with Crippen LogP contribution in [0.4, 0.5) is 5.82 Å². The zero-order valence-electron chi connectivity index (χ0n) is 15.9. The summed E-state index contributed by atoms with van der Waals surface area (Å²) in [5, 5.41) is 0.542. The van der Waals surface area contributed by atoms with Gasteiger partial charge in [-0.2, -0.15) is 0 Å². The maximum atomic E-state index is 12.3. The Morgan fingerprint density at radius 3 is 2.34 bits per heavy atom. The molecule has 1 aromatic heterocycles. The smallest absolute Gasteiger partial charge is 0.306 e. The molecular weight excluding hydrogens is 394 g/mol. The largest absolute Gasteiger partial charge is 0.456 e. The summed E-state index contributed by atoms with van der Waals surface area (Å²) in [5.74, 6) is -0.0807. The van der Waals surface area contributed by atoms with Crippen molar-refractivity contribution in [2.45, 2.75) is 12.8 Å². The Bertz CT molecular complexity index is 850. The number of carbonyl (C=O) groups is 3. The molecule has 3 rings (SSSR count). The van der Waals surface area contributed by atoms with Gasteiger partial charge >= 0.3 is 5.97 Å². The quantitative estimate of drug-likeness (QED) is 0.511. The lowest BCUT2D eigenvalue weighted by atomic mass is 10.1. The molecule has 0 N–H and O–H groups in total. The van der Waals surface area contributed by atoms with Crippen LogP contribution in [-0.2, 0) is 14.3 Å². The fraction of sp³-hybridized carbons (Fsp3) is 0.333. The number of hydrogen-bond donors (Lipinski definition) is 0. The number of nitrogens with zero attached hydrogens (tertiary/aromatic N) is 3. The molecule has 0 unspecified atom stereocenters. The van der Waals surface area contributed by atoms with Gasteiger partial charge in [0.15, 0.2) is 12.4 Å². The molecule has 0 spiro atoms. The van der Waals surface area contributed by atoms with E-state index in [2.05, 4.69) is 9.88 Å². The third kappa shape index (κ3) is 6.02. The van der Waals surface area contributed by atoms with E-state index in [9.17, 15) is 14.4 Å². The Morgan fingerprint density at radius 2 is 1.69 bits per heavy atom. The first-order chi connectivity index (χ1) is 14.0. The van der Waals surface area contributed by atoms with Crippen LogP contribution in [0.3, 0.4) is 0 Å². The van der Waals surface area contributed by atoms with Crippen LogP contribution >= 0.6 is 11.6 Å². The number of piperazine rings is 1. The first-order valence-electron chi connectivity index (χ1n) is 9.41. The van der Waals surface area contributed by atoms with E-state index in [4.69, 9.17) is 16.3 Å². The highest BCUT2D eigenvalue weighted by atomic mass is 35.5. The topological polar surface area (TPSA) is 79.8 Å². The minimum Gasteiger partial charge on any atom is -0.456 e. The minimum absolute atomic E-state index is 0.0252. The van der Waals surface area contributed by atoms with Crippen molar-refractivity contribution in [2.24, 2.45) is 0 Å². The first-order valence-corrected chi connectivity index (χ1v) is 9.79. The van der Waals surface area contributed by atoms with E-state index in [0.29, 0.717) is 36.8 Å². The maximum Gasteiger partial charge on any atom is 0.306 e. The summed E-state index contributed by atoms with van der Waals surface area (Å²) in [6.45, 7) is 2.13. The number of esters is 1. The predicted octanol–water partition coefficient (Wildman–Crippen LogP) is 2.59.